The number of carbonyl (C=O) groups is 2. The molecule has 34 heavy (non-hydrogen) atoms. The number of hydrogen-bond donors (Lipinski definition) is 1. The zero-order valence-electron chi connectivity index (χ0n) is 17.8. The normalized spacial score (nSPS) is 15.4. The predicted molar refractivity (Wildman–Crippen MR) is 128 cm³/mol. The molecular formula is C25H18F3N3O2S. The zero-order chi connectivity index (χ0) is 24.2. The molecule has 9 heteroatoms. The number of nitrogens with one attached hydrogen (secondary N) is 1. The van der Waals surface area contributed by atoms with Gasteiger partial charge in [0, 0.05) is 6.07 Å². The summed E-state index contributed by atoms with van der Waals surface area (Å²) in [6.45, 7) is 1.55. The van der Waals surface area contributed by atoms with E-state index in [4.69, 9.17) is 0 Å². The van der Waals surface area contributed by atoms with E-state index in [0.717, 1.165) is 35.5 Å². The van der Waals surface area contributed by atoms with E-state index in [1.807, 2.05) is 30.3 Å². The number of aliphatic imine (C=N–C) groups is 1. The minimum absolute atomic E-state index is 0.141. The second-order valence-corrected chi connectivity index (χ2v) is 8.63. The van der Waals surface area contributed by atoms with E-state index in [0.29, 0.717) is 5.69 Å². The average molecular weight is 481 g/mol. The number of hydrogen-bond acceptors (Lipinski definition) is 4. The third kappa shape index (κ3) is 5.20. The van der Waals surface area contributed by atoms with Gasteiger partial charge in [-0.1, -0.05) is 42.1 Å². The van der Waals surface area contributed by atoms with E-state index in [1.165, 1.54) is 29.2 Å². The van der Waals surface area contributed by atoms with Gasteiger partial charge in [0.1, 0.15) is 23.1 Å². The minimum Gasteiger partial charge on any atom is -0.323 e. The van der Waals surface area contributed by atoms with Crippen LogP contribution < -0.4 is 10.2 Å². The van der Waals surface area contributed by atoms with Crippen LogP contribution >= 0.6 is 11.8 Å². The van der Waals surface area contributed by atoms with Gasteiger partial charge in [-0.25, -0.2) is 18.2 Å². The Bertz CT molecular complexity index is 1290. The van der Waals surface area contributed by atoms with E-state index in [9.17, 15) is 22.8 Å². The zero-order valence-corrected chi connectivity index (χ0v) is 18.7. The number of rotatable bonds is 5. The number of halogens is 3. The molecule has 4 rings (SSSR count). The van der Waals surface area contributed by atoms with E-state index >= 15 is 0 Å². The van der Waals surface area contributed by atoms with Crippen molar-refractivity contribution in [1.82, 2.24) is 0 Å². The standard InChI is InChI=1S/C25H18F3N3O2S/c1-15(23(32)29-21-14-18(27)9-12-20(21)28)34-25-30-22(13-16-5-3-2-4-6-16)24(33)31(25)19-10-7-17(26)8-11-19/h2-15H,1H3,(H,29,32)/b22-13-. The van der Waals surface area contributed by atoms with Crippen LogP contribution in [0, 0.1) is 17.5 Å². The molecule has 172 valence electrons. The fraction of sp³-hybridized carbons (Fsp3) is 0.0800. The van der Waals surface area contributed by atoms with Gasteiger partial charge in [0.2, 0.25) is 5.91 Å². The molecule has 1 aliphatic heterocycles. The number of amides is 2. The first kappa shape index (κ1) is 23.3. The van der Waals surface area contributed by atoms with Crippen LogP contribution in [0.2, 0.25) is 0 Å². The summed E-state index contributed by atoms with van der Waals surface area (Å²) in [5, 5.41) is 1.72. The molecule has 1 aliphatic rings. The fourth-order valence-corrected chi connectivity index (χ4v) is 4.07. The van der Waals surface area contributed by atoms with Gasteiger partial charge < -0.3 is 5.32 Å². The Kier molecular flexibility index (Phi) is 6.83. The number of thioether (sulfide) groups is 1. The first-order valence-corrected chi connectivity index (χ1v) is 11.1. The van der Waals surface area contributed by atoms with Gasteiger partial charge in [-0.2, -0.15) is 0 Å². The first-order chi connectivity index (χ1) is 16.3. The Morgan fingerprint density at radius 1 is 1.00 bits per heavy atom. The molecule has 2 amide bonds. The topological polar surface area (TPSA) is 61.8 Å². The molecule has 5 nitrogen and oxygen atoms in total. The van der Waals surface area contributed by atoms with Crippen LogP contribution in [0.15, 0.2) is 83.5 Å². The molecular weight excluding hydrogens is 463 g/mol. The lowest BCUT2D eigenvalue weighted by Crippen LogP contribution is -2.33. The monoisotopic (exact) mass is 481 g/mol. The van der Waals surface area contributed by atoms with Crippen molar-refractivity contribution in [2.24, 2.45) is 4.99 Å². The molecule has 0 aliphatic carbocycles. The third-order valence-electron chi connectivity index (χ3n) is 4.86. The number of carbonyl (C=O) groups excluding carboxylic acids is 2. The maximum absolute atomic E-state index is 13.9. The van der Waals surface area contributed by atoms with Crippen LogP contribution in [-0.2, 0) is 9.59 Å². The highest BCUT2D eigenvalue weighted by Crippen LogP contribution is 2.31. The van der Waals surface area contributed by atoms with Crippen molar-refractivity contribution >= 4 is 46.2 Å². The van der Waals surface area contributed by atoms with Crippen LogP contribution in [0.1, 0.15) is 12.5 Å². The molecule has 0 bridgehead atoms. The van der Waals surface area contributed by atoms with Crippen molar-refractivity contribution in [2.75, 3.05) is 10.2 Å². The van der Waals surface area contributed by atoms with Gasteiger partial charge in [-0.15, -0.1) is 0 Å². The molecule has 0 fully saturated rings. The molecule has 1 heterocycles. The van der Waals surface area contributed by atoms with Gasteiger partial charge in [-0.3, -0.25) is 14.5 Å². The first-order valence-electron chi connectivity index (χ1n) is 10.2. The summed E-state index contributed by atoms with van der Waals surface area (Å²) in [4.78, 5) is 31.5. The van der Waals surface area contributed by atoms with Gasteiger partial charge in [-0.05, 0) is 55.0 Å². The molecule has 3 aromatic rings. The molecule has 3 aromatic carbocycles. The lowest BCUT2D eigenvalue weighted by molar-refractivity contribution is -0.115. The summed E-state index contributed by atoms with van der Waals surface area (Å²) in [5.74, 6) is -2.99. The van der Waals surface area contributed by atoms with Crippen molar-refractivity contribution in [3.8, 4) is 0 Å². The van der Waals surface area contributed by atoms with Gasteiger partial charge in [0.25, 0.3) is 5.91 Å². The second-order valence-electron chi connectivity index (χ2n) is 7.33. The summed E-state index contributed by atoms with van der Waals surface area (Å²) in [5.41, 5.74) is 0.980. The van der Waals surface area contributed by atoms with E-state index in [-0.39, 0.29) is 16.6 Å². The summed E-state index contributed by atoms with van der Waals surface area (Å²) in [6, 6.07) is 17.1. The van der Waals surface area contributed by atoms with Gasteiger partial charge in [0.05, 0.1) is 16.6 Å². The third-order valence-corrected chi connectivity index (χ3v) is 5.91. The molecule has 0 saturated heterocycles. The van der Waals surface area contributed by atoms with Crippen LogP contribution in [-0.4, -0.2) is 22.2 Å². The summed E-state index contributed by atoms with van der Waals surface area (Å²) in [7, 11) is 0. The molecule has 1 N–H and O–H groups in total. The highest BCUT2D eigenvalue weighted by atomic mass is 32.2. The van der Waals surface area contributed by atoms with E-state index in [2.05, 4.69) is 10.3 Å². The Hall–Kier alpha value is -3.85. The van der Waals surface area contributed by atoms with Crippen LogP contribution in [0.25, 0.3) is 6.08 Å². The van der Waals surface area contributed by atoms with E-state index < -0.39 is 34.5 Å². The number of nitrogens with zero attached hydrogens (tertiary/aromatic N) is 2. The summed E-state index contributed by atoms with van der Waals surface area (Å²) >= 11 is 0.962. The summed E-state index contributed by atoms with van der Waals surface area (Å²) < 4.78 is 40.8. The maximum atomic E-state index is 13.9. The van der Waals surface area contributed by atoms with Gasteiger partial charge >= 0.3 is 0 Å². The molecule has 1 unspecified atom stereocenters. The Balaban J connectivity index is 1.61. The number of benzene rings is 3. The van der Waals surface area contributed by atoms with Crippen molar-refractivity contribution in [1.29, 1.82) is 0 Å². The lowest BCUT2D eigenvalue weighted by atomic mass is 10.2. The Morgan fingerprint density at radius 2 is 1.68 bits per heavy atom. The van der Waals surface area contributed by atoms with Crippen molar-refractivity contribution < 1.29 is 22.8 Å². The quantitative estimate of drug-likeness (QED) is 0.482. The SMILES string of the molecule is CC(SC1=N/C(=C\c2ccccc2)C(=O)N1c1ccc(F)cc1)C(=O)Nc1cc(F)ccc1F. The number of amidine groups is 1. The van der Waals surface area contributed by atoms with Crippen molar-refractivity contribution in [2.45, 2.75) is 12.2 Å². The maximum Gasteiger partial charge on any atom is 0.283 e. The predicted octanol–water partition coefficient (Wildman–Crippen LogP) is 5.61. The smallest absolute Gasteiger partial charge is 0.283 e. The Morgan fingerprint density at radius 3 is 2.38 bits per heavy atom. The van der Waals surface area contributed by atoms with Crippen LogP contribution in [0.3, 0.4) is 0 Å². The highest BCUT2D eigenvalue weighted by molar-refractivity contribution is 8.15. The van der Waals surface area contributed by atoms with Crippen LogP contribution in [0.5, 0.6) is 0 Å². The van der Waals surface area contributed by atoms with Crippen molar-refractivity contribution in [3.05, 3.63) is 102 Å². The summed E-state index contributed by atoms with van der Waals surface area (Å²) in [6.07, 6.45) is 1.61. The molecule has 0 saturated carbocycles. The molecule has 0 aromatic heterocycles. The average Bonchev–Trinajstić information content (AvgIpc) is 3.12. The lowest BCUT2D eigenvalue weighted by Gasteiger charge is -2.20. The van der Waals surface area contributed by atoms with E-state index in [1.54, 1.807) is 13.0 Å². The minimum atomic E-state index is -0.826. The Labute approximate surface area is 198 Å². The van der Waals surface area contributed by atoms with Crippen LogP contribution in [0.4, 0.5) is 24.5 Å². The largest absolute Gasteiger partial charge is 0.323 e. The van der Waals surface area contributed by atoms with Crippen molar-refractivity contribution in [3.63, 3.8) is 0 Å². The fourth-order valence-electron chi connectivity index (χ4n) is 3.14. The molecule has 1 atom stereocenters. The molecule has 0 spiro atoms. The highest BCUT2D eigenvalue weighted by Gasteiger charge is 2.34. The van der Waals surface area contributed by atoms with Gasteiger partial charge in [0.15, 0.2) is 5.17 Å². The second kappa shape index (κ2) is 9.96. The number of anilines is 2. The molecule has 0 radical (unpaired) electrons.